The third kappa shape index (κ3) is 7.81. The molecule has 0 radical (unpaired) electrons. The molecule has 0 unspecified atom stereocenters. The summed E-state index contributed by atoms with van der Waals surface area (Å²) in [6, 6.07) is 3.73. The van der Waals surface area contributed by atoms with Gasteiger partial charge in [-0.2, -0.15) is 0 Å². The molecule has 0 aliphatic heterocycles. The third-order valence-corrected chi connectivity index (χ3v) is 4.48. The van der Waals surface area contributed by atoms with Crippen LogP contribution in [-0.4, -0.2) is 23.9 Å². The van der Waals surface area contributed by atoms with Gasteiger partial charge in [-0.3, -0.25) is 4.79 Å². The van der Waals surface area contributed by atoms with Crippen LogP contribution in [0.1, 0.15) is 68.6 Å². The van der Waals surface area contributed by atoms with Crippen molar-refractivity contribution in [2.45, 2.75) is 63.2 Å². The largest absolute Gasteiger partial charge is 1.00 e. The Kier molecular flexibility index (Phi) is 11.0. The molecule has 124 valence electrons. The fourth-order valence-corrected chi connectivity index (χ4v) is 3.16. The van der Waals surface area contributed by atoms with Gasteiger partial charge in [0.1, 0.15) is 20.8 Å². The van der Waals surface area contributed by atoms with Gasteiger partial charge in [-0.25, -0.2) is 8.42 Å². The number of carbonyl (C=O) groups excluding carboxylic acids is 1. The first-order chi connectivity index (χ1) is 10.4. The number of rotatable bonds is 10. The molecular weight excluding hydrogens is 327 g/mol. The number of Topliss-reactive ketones (excluding diaryl/α,β-unsaturated/α-hetero) is 1. The van der Waals surface area contributed by atoms with Crippen LogP contribution in [0.25, 0.3) is 0 Å². The molecule has 0 saturated carbocycles. The maximum Gasteiger partial charge on any atom is 1.00 e. The van der Waals surface area contributed by atoms with E-state index in [0.29, 0.717) is 6.42 Å². The molecule has 23 heavy (non-hydrogen) atoms. The molecule has 1 rings (SSSR count). The summed E-state index contributed by atoms with van der Waals surface area (Å²) in [6.07, 6.45) is 7.49. The number of unbranched alkanes of at least 4 members (excludes halogenated alkanes) is 6. The molecular formula is C16H23NaO5S. The predicted octanol–water partition coefficient (Wildman–Crippen LogP) is 0.624. The van der Waals surface area contributed by atoms with Crippen molar-refractivity contribution in [1.82, 2.24) is 0 Å². The molecule has 1 N–H and O–H groups in total. The normalized spacial score (nSPS) is 11.0. The van der Waals surface area contributed by atoms with Gasteiger partial charge in [0, 0.05) is 12.0 Å². The monoisotopic (exact) mass is 350 g/mol. The number of ketones is 1. The smallest absolute Gasteiger partial charge is 0.744 e. The Labute approximate surface area is 160 Å². The summed E-state index contributed by atoms with van der Waals surface area (Å²) in [5, 5.41) is 9.54. The number of carbonyl (C=O) groups is 1. The van der Waals surface area contributed by atoms with Gasteiger partial charge in [0.25, 0.3) is 0 Å². The molecule has 0 aromatic heterocycles. The van der Waals surface area contributed by atoms with Crippen molar-refractivity contribution in [3.8, 4) is 5.75 Å². The van der Waals surface area contributed by atoms with Gasteiger partial charge < -0.3 is 9.66 Å². The van der Waals surface area contributed by atoms with E-state index in [2.05, 4.69) is 6.92 Å². The van der Waals surface area contributed by atoms with Crippen molar-refractivity contribution in [3.05, 3.63) is 23.8 Å². The van der Waals surface area contributed by atoms with E-state index in [1.165, 1.54) is 31.4 Å². The van der Waals surface area contributed by atoms with Gasteiger partial charge in [-0.1, -0.05) is 51.5 Å². The average molecular weight is 350 g/mol. The molecule has 1 aromatic carbocycles. The Hall–Kier alpha value is -0.400. The van der Waals surface area contributed by atoms with Gasteiger partial charge in [0.2, 0.25) is 0 Å². The second-order valence-electron chi connectivity index (χ2n) is 5.40. The number of aromatic hydroxyl groups is 1. The summed E-state index contributed by atoms with van der Waals surface area (Å²) in [6.45, 7) is 2.15. The Bertz CT molecular complexity index is 598. The number of phenols is 1. The minimum absolute atomic E-state index is 0. The van der Waals surface area contributed by atoms with Crippen LogP contribution < -0.4 is 29.6 Å². The molecule has 0 fully saturated rings. The van der Waals surface area contributed by atoms with Gasteiger partial charge >= 0.3 is 29.6 Å². The van der Waals surface area contributed by atoms with E-state index in [1.54, 1.807) is 0 Å². The zero-order valence-electron chi connectivity index (χ0n) is 13.9. The molecule has 0 aliphatic carbocycles. The van der Waals surface area contributed by atoms with Crippen molar-refractivity contribution in [2.24, 2.45) is 0 Å². The molecule has 0 atom stereocenters. The van der Waals surface area contributed by atoms with Crippen LogP contribution in [0, 0.1) is 0 Å². The molecule has 0 amide bonds. The number of benzene rings is 1. The summed E-state index contributed by atoms with van der Waals surface area (Å²) >= 11 is 0. The molecule has 5 nitrogen and oxygen atoms in total. The van der Waals surface area contributed by atoms with E-state index in [-0.39, 0.29) is 41.5 Å². The first-order valence-corrected chi connectivity index (χ1v) is 9.09. The van der Waals surface area contributed by atoms with Crippen LogP contribution in [0.2, 0.25) is 0 Å². The molecule has 0 saturated heterocycles. The van der Waals surface area contributed by atoms with Crippen LogP contribution in [-0.2, 0) is 10.1 Å². The van der Waals surface area contributed by atoms with Crippen molar-refractivity contribution in [3.63, 3.8) is 0 Å². The van der Waals surface area contributed by atoms with Gasteiger partial charge in [-0.15, -0.1) is 0 Å². The first-order valence-electron chi connectivity index (χ1n) is 7.69. The van der Waals surface area contributed by atoms with Crippen molar-refractivity contribution < 1.29 is 52.4 Å². The predicted molar refractivity (Wildman–Crippen MR) is 83.0 cm³/mol. The van der Waals surface area contributed by atoms with E-state index < -0.39 is 26.5 Å². The van der Waals surface area contributed by atoms with Crippen LogP contribution in [0.15, 0.2) is 23.1 Å². The Morgan fingerprint density at radius 3 is 2.22 bits per heavy atom. The summed E-state index contributed by atoms with van der Waals surface area (Å²) in [7, 11) is -4.88. The maximum atomic E-state index is 12.1. The fraction of sp³-hybridized carbons (Fsp3) is 0.562. The maximum absolute atomic E-state index is 12.1. The van der Waals surface area contributed by atoms with E-state index in [4.69, 9.17) is 0 Å². The van der Waals surface area contributed by atoms with Crippen molar-refractivity contribution >= 4 is 15.9 Å². The molecule has 0 heterocycles. The molecule has 7 heteroatoms. The van der Waals surface area contributed by atoms with Gasteiger partial charge in [-0.05, 0) is 18.6 Å². The second-order valence-corrected chi connectivity index (χ2v) is 6.72. The minimum atomic E-state index is -4.88. The topological polar surface area (TPSA) is 94.5 Å². The summed E-state index contributed by atoms with van der Waals surface area (Å²) in [5.41, 5.74) is -0.207. The third-order valence-electron chi connectivity index (χ3n) is 3.55. The average Bonchev–Trinajstić information content (AvgIpc) is 2.44. The van der Waals surface area contributed by atoms with Crippen LogP contribution >= 0.6 is 0 Å². The van der Waals surface area contributed by atoms with E-state index in [1.807, 2.05) is 0 Å². The number of hydrogen-bond donors (Lipinski definition) is 1. The molecule has 0 spiro atoms. The molecule has 1 aromatic rings. The summed E-state index contributed by atoms with van der Waals surface area (Å²) in [5.74, 6) is -1.08. The van der Waals surface area contributed by atoms with E-state index in [9.17, 15) is 22.9 Å². The summed E-state index contributed by atoms with van der Waals surface area (Å²) < 4.78 is 33.6. The zero-order valence-corrected chi connectivity index (χ0v) is 16.7. The standard InChI is InChI=1S/C16H24O5S.Na/c1-2-3-4-5-6-7-8-11-14(17)13-10-9-12-15(18)16(13)22(19,20)21;/h9-10,12,18H,2-8,11H2,1H3,(H,19,20,21);/q;+1/p-1. The van der Waals surface area contributed by atoms with Gasteiger partial charge in [0.15, 0.2) is 5.78 Å². The second kappa shape index (κ2) is 11.2. The van der Waals surface area contributed by atoms with Crippen LogP contribution in [0.3, 0.4) is 0 Å². The SMILES string of the molecule is CCCCCCCCCC(=O)c1cccc(O)c1S(=O)(=O)[O-].[Na+]. The summed E-state index contributed by atoms with van der Waals surface area (Å²) in [4.78, 5) is 11.3. The zero-order chi connectivity index (χ0) is 16.6. The Balaban J connectivity index is 0.00000484. The van der Waals surface area contributed by atoms with Gasteiger partial charge in [0.05, 0.1) is 0 Å². The first kappa shape index (κ1) is 22.6. The van der Waals surface area contributed by atoms with E-state index in [0.717, 1.165) is 25.3 Å². The quantitative estimate of drug-likeness (QED) is 0.289. The fourth-order valence-electron chi connectivity index (χ4n) is 2.38. The van der Waals surface area contributed by atoms with Crippen LogP contribution in [0.5, 0.6) is 5.75 Å². The molecule has 0 bridgehead atoms. The Morgan fingerprint density at radius 2 is 1.65 bits per heavy atom. The van der Waals surface area contributed by atoms with Crippen molar-refractivity contribution in [1.29, 1.82) is 0 Å². The van der Waals surface area contributed by atoms with Crippen LogP contribution in [0.4, 0.5) is 0 Å². The minimum Gasteiger partial charge on any atom is -0.744 e. The Morgan fingerprint density at radius 1 is 1.09 bits per heavy atom. The number of phenolic OH excluding ortho intramolecular Hbond substituents is 1. The van der Waals surface area contributed by atoms with E-state index >= 15 is 0 Å². The number of hydrogen-bond acceptors (Lipinski definition) is 5. The molecule has 0 aliphatic rings. The van der Waals surface area contributed by atoms with Crippen molar-refractivity contribution in [2.75, 3.05) is 0 Å².